The zero-order valence-electron chi connectivity index (χ0n) is 19.5. The van der Waals surface area contributed by atoms with Gasteiger partial charge in [-0.05, 0) is 39.0 Å². The maximum atomic E-state index is 6.32. The molecule has 0 spiro atoms. The lowest BCUT2D eigenvalue weighted by molar-refractivity contribution is 0.139. The molecule has 0 bridgehead atoms. The number of aromatic nitrogens is 7. The normalized spacial score (nSPS) is 19.8. The Balaban J connectivity index is 0.00000253. The Hall–Kier alpha value is -3.44. The van der Waals surface area contributed by atoms with Crippen LogP contribution in [0.3, 0.4) is 0 Å². The Morgan fingerprint density at radius 1 is 1.09 bits per heavy atom. The van der Waals surface area contributed by atoms with Crippen LogP contribution in [0.5, 0.6) is 5.88 Å². The minimum atomic E-state index is -0.0321. The standard InChI is InChI=1S/C23H29N9O2.H2/c1-29-7-3-17(4-8-29)32-13-16(11-25-32)26-23-27-20-5-9-31(18-12-24-30(2)14-18)21(20)22(28-23)34-19-6-10-33-15-19;/h5,9,11-14,17,19H,3-4,6-8,10,15H2,1-2H3,(H,26,27,28);1H/t19-;/m0./s1. The topological polar surface area (TPSA) is 100 Å². The summed E-state index contributed by atoms with van der Waals surface area (Å²) in [7, 11) is 4.06. The van der Waals surface area contributed by atoms with Crippen molar-refractivity contribution in [3.05, 3.63) is 37.1 Å². The fraction of sp³-hybridized carbons (Fsp3) is 0.478. The Kier molecular flexibility index (Phi) is 5.42. The van der Waals surface area contributed by atoms with Crippen LogP contribution in [0.4, 0.5) is 11.6 Å². The third kappa shape index (κ3) is 4.12. The number of piperidine rings is 1. The van der Waals surface area contributed by atoms with Crippen LogP contribution in [0.25, 0.3) is 16.7 Å². The molecule has 180 valence electrons. The summed E-state index contributed by atoms with van der Waals surface area (Å²) in [5, 5.41) is 12.2. The molecular weight excluding hydrogens is 434 g/mol. The highest BCUT2D eigenvalue weighted by molar-refractivity contribution is 5.84. The fourth-order valence-corrected chi connectivity index (χ4v) is 4.65. The first-order valence-electron chi connectivity index (χ1n) is 11.7. The first kappa shape index (κ1) is 21.1. The van der Waals surface area contributed by atoms with Crippen LogP contribution < -0.4 is 10.1 Å². The van der Waals surface area contributed by atoms with Crippen LogP contribution in [0, 0.1) is 0 Å². The monoisotopic (exact) mass is 465 g/mol. The molecule has 4 aromatic rings. The third-order valence-electron chi connectivity index (χ3n) is 6.56. The number of hydrogen-bond acceptors (Lipinski definition) is 8. The Morgan fingerprint density at radius 2 is 1.97 bits per heavy atom. The number of fused-ring (bicyclic) bond motifs is 1. The highest BCUT2D eigenvalue weighted by Crippen LogP contribution is 2.31. The van der Waals surface area contributed by atoms with Crippen LogP contribution in [0.15, 0.2) is 37.1 Å². The van der Waals surface area contributed by atoms with Gasteiger partial charge in [0.05, 0.1) is 48.5 Å². The summed E-state index contributed by atoms with van der Waals surface area (Å²) in [5.41, 5.74) is 3.39. The number of rotatable bonds is 6. The molecule has 2 fully saturated rings. The predicted molar refractivity (Wildman–Crippen MR) is 129 cm³/mol. The van der Waals surface area contributed by atoms with Crippen LogP contribution in [-0.4, -0.2) is 78.5 Å². The molecule has 0 radical (unpaired) electrons. The number of likely N-dealkylation sites (tertiary alicyclic amines) is 1. The summed E-state index contributed by atoms with van der Waals surface area (Å²) in [5.74, 6) is 1.01. The average molecular weight is 466 g/mol. The smallest absolute Gasteiger partial charge is 0.244 e. The first-order chi connectivity index (χ1) is 16.6. The van der Waals surface area contributed by atoms with Crippen LogP contribution in [0.1, 0.15) is 26.7 Å². The van der Waals surface area contributed by atoms with Crippen LogP contribution in [0.2, 0.25) is 0 Å². The summed E-state index contributed by atoms with van der Waals surface area (Å²) in [6.07, 6.45) is 12.6. The van der Waals surface area contributed by atoms with Crippen molar-refractivity contribution in [1.29, 1.82) is 0 Å². The highest BCUT2D eigenvalue weighted by atomic mass is 16.5. The van der Waals surface area contributed by atoms with E-state index in [9.17, 15) is 0 Å². The Morgan fingerprint density at radius 3 is 2.74 bits per heavy atom. The lowest BCUT2D eigenvalue weighted by Crippen LogP contribution is -2.31. The van der Waals surface area contributed by atoms with Gasteiger partial charge < -0.3 is 24.3 Å². The van der Waals surface area contributed by atoms with Gasteiger partial charge in [0.2, 0.25) is 11.8 Å². The van der Waals surface area contributed by atoms with Crippen molar-refractivity contribution in [1.82, 2.24) is 39.0 Å². The molecule has 11 heteroatoms. The van der Waals surface area contributed by atoms with Crippen molar-refractivity contribution in [2.24, 2.45) is 7.05 Å². The van der Waals surface area contributed by atoms with E-state index in [2.05, 4.69) is 32.1 Å². The molecule has 0 unspecified atom stereocenters. The molecule has 0 aromatic carbocycles. The lowest BCUT2D eigenvalue weighted by Gasteiger charge is -2.28. The number of nitrogens with zero attached hydrogens (tertiary/aromatic N) is 8. The predicted octanol–water partition coefficient (Wildman–Crippen LogP) is 2.77. The van der Waals surface area contributed by atoms with Crippen molar-refractivity contribution < 1.29 is 10.9 Å². The summed E-state index contributed by atoms with van der Waals surface area (Å²) in [6, 6.07) is 2.39. The van der Waals surface area contributed by atoms with E-state index in [1.165, 1.54) is 0 Å². The number of aryl methyl sites for hydroxylation is 1. The van der Waals surface area contributed by atoms with E-state index in [-0.39, 0.29) is 7.53 Å². The molecule has 34 heavy (non-hydrogen) atoms. The van der Waals surface area contributed by atoms with Crippen LogP contribution in [-0.2, 0) is 11.8 Å². The minimum absolute atomic E-state index is 0. The molecule has 6 rings (SSSR count). The molecule has 2 saturated heterocycles. The summed E-state index contributed by atoms with van der Waals surface area (Å²) in [4.78, 5) is 11.9. The summed E-state index contributed by atoms with van der Waals surface area (Å²) >= 11 is 0. The SMILES string of the molecule is CN1CCC(n2cc(Nc3nc(O[C@H]4CCOC4)c4c(ccn4-c4cnn(C)c4)n3)cn2)CC1.[HH]. The molecule has 2 aliphatic rings. The average Bonchev–Trinajstić information content (AvgIpc) is 3.62. The molecule has 1 atom stereocenters. The van der Waals surface area contributed by atoms with E-state index in [0.717, 1.165) is 54.8 Å². The Labute approximate surface area is 198 Å². The molecular formula is C23H31N9O2. The van der Waals surface area contributed by atoms with Gasteiger partial charge in [-0.15, -0.1) is 0 Å². The van der Waals surface area contributed by atoms with Gasteiger partial charge in [-0.2, -0.15) is 15.2 Å². The largest absolute Gasteiger partial charge is 0.470 e. The second-order valence-corrected chi connectivity index (χ2v) is 9.12. The maximum Gasteiger partial charge on any atom is 0.244 e. The quantitative estimate of drug-likeness (QED) is 0.464. The van der Waals surface area contributed by atoms with Gasteiger partial charge in [0, 0.05) is 33.5 Å². The van der Waals surface area contributed by atoms with E-state index in [4.69, 9.17) is 19.4 Å². The lowest BCUT2D eigenvalue weighted by atomic mass is 10.1. The van der Waals surface area contributed by atoms with Gasteiger partial charge in [0.25, 0.3) is 0 Å². The molecule has 4 aromatic heterocycles. The van der Waals surface area contributed by atoms with Crippen molar-refractivity contribution in [3.8, 4) is 11.6 Å². The van der Waals surface area contributed by atoms with Gasteiger partial charge in [-0.25, -0.2) is 4.98 Å². The van der Waals surface area contributed by atoms with Crippen molar-refractivity contribution in [2.75, 3.05) is 38.7 Å². The van der Waals surface area contributed by atoms with Crippen molar-refractivity contribution >= 4 is 22.7 Å². The molecule has 0 aliphatic carbocycles. The summed E-state index contributed by atoms with van der Waals surface area (Å²) in [6.45, 7) is 3.44. The molecule has 11 nitrogen and oxygen atoms in total. The second-order valence-electron chi connectivity index (χ2n) is 9.12. The molecule has 0 amide bonds. The molecule has 1 N–H and O–H groups in total. The first-order valence-corrected chi connectivity index (χ1v) is 11.7. The minimum Gasteiger partial charge on any atom is -0.470 e. The fourth-order valence-electron chi connectivity index (χ4n) is 4.65. The van der Waals surface area contributed by atoms with Crippen LogP contribution >= 0.6 is 0 Å². The Bertz CT molecular complexity index is 1290. The number of nitrogens with one attached hydrogen (secondary N) is 1. The number of ether oxygens (including phenoxy) is 2. The maximum absolute atomic E-state index is 6.32. The highest BCUT2D eigenvalue weighted by Gasteiger charge is 2.23. The van der Waals surface area contributed by atoms with Gasteiger partial charge >= 0.3 is 0 Å². The third-order valence-corrected chi connectivity index (χ3v) is 6.56. The molecule has 0 saturated carbocycles. The van der Waals surface area contributed by atoms with Crippen molar-refractivity contribution in [3.63, 3.8) is 0 Å². The van der Waals surface area contributed by atoms with Gasteiger partial charge in [0.1, 0.15) is 11.6 Å². The van der Waals surface area contributed by atoms with Gasteiger partial charge in [-0.1, -0.05) is 0 Å². The van der Waals surface area contributed by atoms with Gasteiger partial charge in [0.15, 0.2) is 0 Å². The summed E-state index contributed by atoms with van der Waals surface area (Å²) < 4.78 is 17.7. The van der Waals surface area contributed by atoms with Crippen molar-refractivity contribution in [2.45, 2.75) is 31.4 Å². The van der Waals surface area contributed by atoms with E-state index in [1.54, 1.807) is 4.68 Å². The number of anilines is 2. The van der Waals surface area contributed by atoms with E-state index >= 15 is 0 Å². The molecule has 6 heterocycles. The zero-order valence-corrected chi connectivity index (χ0v) is 19.5. The van der Waals surface area contributed by atoms with Gasteiger partial charge in [-0.3, -0.25) is 9.36 Å². The second kappa shape index (κ2) is 8.73. The number of hydrogen-bond donors (Lipinski definition) is 1. The van der Waals surface area contributed by atoms with E-state index < -0.39 is 0 Å². The van der Waals surface area contributed by atoms with E-state index in [1.807, 2.05) is 48.7 Å². The van der Waals surface area contributed by atoms with E-state index in [0.29, 0.717) is 31.1 Å². The zero-order chi connectivity index (χ0) is 23.1. The molecule has 2 aliphatic heterocycles.